The maximum absolute atomic E-state index is 12.3. The van der Waals surface area contributed by atoms with Crippen molar-refractivity contribution in [2.24, 2.45) is 0 Å². The summed E-state index contributed by atoms with van der Waals surface area (Å²) in [5.41, 5.74) is 0.783. The average molecular weight is 397 g/mol. The second kappa shape index (κ2) is 5.85. The molecule has 20 heavy (non-hydrogen) atoms. The molecule has 0 bridgehead atoms. The van der Waals surface area contributed by atoms with Crippen LogP contribution in [0.3, 0.4) is 0 Å². The topological polar surface area (TPSA) is 72.0 Å². The number of aromatic nitrogens is 2. The maximum atomic E-state index is 12.3. The van der Waals surface area contributed by atoms with Crippen molar-refractivity contribution in [2.75, 3.05) is 4.72 Å². The summed E-state index contributed by atoms with van der Waals surface area (Å²) in [5, 5.41) is 0.174. The quantitative estimate of drug-likeness (QED) is 0.803. The molecule has 0 aliphatic rings. The monoisotopic (exact) mass is 395 g/mol. The molecule has 2 aromatic rings. The molecule has 0 aliphatic carbocycles. The van der Waals surface area contributed by atoms with E-state index in [1.54, 1.807) is 6.92 Å². The van der Waals surface area contributed by atoms with Crippen LogP contribution in [0.15, 0.2) is 33.8 Å². The minimum atomic E-state index is -3.86. The highest BCUT2D eigenvalue weighted by molar-refractivity contribution is 9.10. The van der Waals surface area contributed by atoms with E-state index < -0.39 is 10.0 Å². The molecular weight excluding hydrogens is 389 g/mol. The molecule has 0 saturated carbocycles. The lowest BCUT2D eigenvalue weighted by Crippen LogP contribution is -2.15. The van der Waals surface area contributed by atoms with E-state index in [0.29, 0.717) is 15.9 Å². The Kier molecular flexibility index (Phi) is 4.53. The zero-order valence-corrected chi connectivity index (χ0v) is 14.0. The summed E-state index contributed by atoms with van der Waals surface area (Å²) in [6, 6.07) is 4.39. The van der Waals surface area contributed by atoms with Crippen LogP contribution in [-0.2, 0) is 10.0 Å². The minimum Gasteiger partial charge on any atom is -0.278 e. The van der Waals surface area contributed by atoms with Crippen LogP contribution in [0, 0.1) is 6.92 Å². The van der Waals surface area contributed by atoms with Crippen LogP contribution in [-0.4, -0.2) is 18.4 Å². The number of halogens is 3. The summed E-state index contributed by atoms with van der Waals surface area (Å²) in [5.74, 6) is 0. The van der Waals surface area contributed by atoms with Crippen LogP contribution in [0.5, 0.6) is 0 Å². The van der Waals surface area contributed by atoms with Crippen LogP contribution < -0.4 is 4.72 Å². The van der Waals surface area contributed by atoms with Crippen molar-refractivity contribution in [2.45, 2.75) is 11.8 Å². The summed E-state index contributed by atoms with van der Waals surface area (Å²) >= 11 is 14.7. The average Bonchev–Trinajstić information content (AvgIpc) is 2.35. The summed E-state index contributed by atoms with van der Waals surface area (Å²) in [7, 11) is -3.86. The van der Waals surface area contributed by atoms with Crippen molar-refractivity contribution in [1.82, 2.24) is 9.97 Å². The van der Waals surface area contributed by atoms with E-state index in [2.05, 4.69) is 30.6 Å². The molecule has 0 unspecified atom stereocenters. The van der Waals surface area contributed by atoms with Crippen molar-refractivity contribution in [3.63, 3.8) is 0 Å². The van der Waals surface area contributed by atoms with Crippen LogP contribution in [0.2, 0.25) is 10.3 Å². The highest BCUT2D eigenvalue weighted by Crippen LogP contribution is 2.26. The number of nitrogens with zero attached hydrogens (tertiary/aromatic N) is 2. The van der Waals surface area contributed by atoms with Gasteiger partial charge in [-0.05, 0) is 41.1 Å². The molecule has 5 nitrogen and oxygen atoms in total. The molecule has 0 atom stereocenters. The molecule has 0 radical (unpaired) electrons. The third-order valence-electron chi connectivity index (χ3n) is 2.36. The number of hydrogen-bond acceptors (Lipinski definition) is 4. The van der Waals surface area contributed by atoms with Gasteiger partial charge >= 0.3 is 0 Å². The minimum absolute atomic E-state index is 0.111. The largest absolute Gasteiger partial charge is 0.278 e. The number of aryl methyl sites for hydroxylation is 1. The first kappa shape index (κ1) is 15.5. The third-order valence-corrected chi connectivity index (χ3v) is 4.80. The van der Waals surface area contributed by atoms with E-state index in [-0.39, 0.29) is 15.2 Å². The summed E-state index contributed by atoms with van der Waals surface area (Å²) in [4.78, 5) is 7.64. The molecule has 0 fully saturated rings. The van der Waals surface area contributed by atoms with E-state index in [1.165, 1.54) is 24.4 Å². The fourth-order valence-electron chi connectivity index (χ4n) is 1.43. The van der Waals surface area contributed by atoms with Crippen molar-refractivity contribution in [3.05, 3.63) is 44.9 Å². The Balaban J connectivity index is 2.43. The Morgan fingerprint density at radius 1 is 1.30 bits per heavy atom. The number of nitrogens with one attached hydrogen (secondary N) is 1. The Morgan fingerprint density at radius 3 is 2.65 bits per heavy atom. The maximum Gasteiger partial charge on any atom is 0.265 e. The van der Waals surface area contributed by atoms with E-state index >= 15 is 0 Å². The smallest absolute Gasteiger partial charge is 0.265 e. The van der Waals surface area contributed by atoms with E-state index in [4.69, 9.17) is 23.2 Å². The number of pyridine rings is 2. The van der Waals surface area contributed by atoms with Gasteiger partial charge in [0.1, 0.15) is 15.2 Å². The fourth-order valence-corrected chi connectivity index (χ4v) is 3.68. The zero-order chi connectivity index (χ0) is 14.9. The van der Waals surface area contributed by atoms with Gasteiger partial charge in [-0.15, -0.1) is 0 Å². The van der Waals surface area contributed by atoms with E-state index in [9.17, 15) is 8.42 Å². The summed E-state index contributed by atoms with van der Waals surface area (Å²) < 4.78 is 27.5. The van der Waals surface area contributed by atoms with Gasteiger partial charge in [0.2, 0.25) is 0 Å². The standard InChI is InChI=1S/C11H8BrCl2N3O2S/c1-6-8(2-3-10(13)16-6)17-20(18,19)9-4-7(12)5-15-11(9)14/h2-5,17H,1H3. The van der Waals surface area contributed by atoms with Crippen molar-refractivity contribution in [1.29, 1.82) is 0 Å². The molecule has 0 spiro atoms. The molecular formula is C11H8BrCl2N3O2S. The van der Waals surface area contributed by atoms with Gasteiger partial charge in [-0.2, -0.15) is 0 Å². The fraction of sp³-hybridized carbons (Fsp3) is 0.0909. The number of anilines is 1. The molecule has 0 amide bonds. The lowest BCUT2D eigenvalue weighted by molar-refractivity contribution is 0.600. The zero-order valence-electron chi connectivity index (χ0n) is 10.1. The number of sulfonamides is 1. The number of hydrogen-bond donors (Lipinski definition) is 1. The molecule has 9 heteroatoms. The first-order valence-electron chi connectivity index (χ1n) is 5.26. The van der Waals surface area contributed by atoms with Crippen LogP contribution >= 0.6 is 39.1 Å². The molecule has 0 aromatic carbocycles. The van der Waals surface area contributed by atoms with E-state index in [1.807, 2.05) is 0 Å². The van der Waals surface area contributed by atoms with E-state index in [0.717, 1.165) is 0 Å². The SMILES string of the molecule is Cc1nc(Cl)ccc1NS(=O)(=O)c1cc(Br)cnc1Cl. The third kappa shape index (κ3) is 3.41. The summed E-state index contributed by atoms with van der Waals surface area (Å²) in [6.45, 7) is 1.64. The first-order valence-corrected chi connectivity index (χ1v) is 8.30. The van der Waals surface area contributed by atoms with Gasteiger partial charge in [0.25, 0.3) is 10.0 Å². The molecule has 2 aromatic heterocycles. The number of rotatable bonds is 3. The second-order valence-corrected chi connectivity index (χ2v) is 7.13. The molecule has 106 valence electrons. The van der Waals surface area contributed by atoms with Gasteiger partial charge in [-0.25, -0.2) is 18.4 Å². The van der Waals surface area contributed by atoms with Gasteiger partial charge in [-0.1, -0.05) is 23.2 Å². The van der Waals surface area contributed by atoms with Gasteiger partial charge in [0, 0.05) is 10.7 Å². The Morgan fingerprint density at radius 2 is 2.00 bits per heavy atom. The Hall–Kier alpha value is -0.890. The predicted molar refractivity (Wildman–Crippen MR) is 81.7 cm³/mol. The lowest BCUT2D eigenvalue weighted by atomic mass is 10.3. The van der Waals surface area contributed by atoms with Gasteiger partial charge in [-0.3, -0.25) is 4.72 Å². The normalized spacial score (nSPS) is 11.4. The van der Waals surface area contributed by atoms with Gasteiger partial charge < -0.3 is 0 Å². The summed E-state index contributed by atoms with van der Waals surface area (Å²) in [6.07, 6.45) is 1.41. The van der Waals surface area contributed by atoms with Crippen molar-refractivity contribution < 1.29 is 8.42 Å². The molecule has 2 rings (SSSR count). The molecule has 0 aliphatic heterocycles. The highest BCUT2D eigenvalue weighted by Gasteiger charge is 2.20. The lowest BCUT2D eigenvalue weighted by Gasteiger charge is -2.11. The van der Waals surface area contributed by atoms with Crippen LogP contribution in [0.25, 0.3) is 0 Å². The Bertz CT molecular complexity index is 768. The van der Waals surface area contributed by atoms with Crippen molar-refractivity contribution >= 4 is 54.8 Å². The second-order valence-electron chi connectivity index (χ2n) is 3.81. The van der Waals surface area contributed by atoms with Crippen LogP contribution in [0.4, 0.5) is 5.69 Å². The van der Waals surface area contributed by atoms with Gasteiger partial charge in [0.15, 0.2) is 0 Å². The first-order chi connectivity index (χ1) is 9.29. The van der Waals surface area contributed by atoms with Crippen LogP contribution in [0.1, 0.15) is 5.69 Å². The van der Waals surface area contributed by atoms with Gasteiger partial charge in [0.05, 0.1) is 11.4 Å². The Labute approximate surface area is 134 Å². The molecule has 1 N–H and O–H groups in total. The predicted octanol–water partition coefficient (Wildman–Crippen LogP) is 3.66. The highest BCUT2D eigenvalue weighted by atomic mass is 79.9. The molecule has 0 saturated heterocycles. The van der Waals surface area contributed by atoms with Crippen molar-refractivity contribution in [3.8, 4) is 0 Å². The molecule has 2 heterocycles.